The fourth-order valence-corrected chi connectivity index (χ4v) is 3.19. The Labute approximate surface area is 150 Å². The molecule has 1 amide bonds. The lowest BCUT2D eigenvalue weighted by molar-refractivity contribution is -0.109. The second kappa shape index (κ2) is 7.69. The summed E-state index contributed by atoms with van der Waals surface area (Å²) in [5, 5.41) is 3.95. The number of nitrogens with one attached hydrogen (secondary N) is 1. The zero-order chi connectivity index (χ0) is 16.9. The molecule has 0 atom stereocenters. The van der Waals surface area contributed by atoms with E-state index in [0.717, 1.165) is 41.7 Å². The molecular weight excluding hydrogens is 345 g/mol. The van der Waals surface area contributed by atoms with Gasteiger partial charge in [0.05, 0.1) is 17.6 Å². The molecule has 3 aromatic rings. The summed E-state index contributed by atoms with van der Waals surface area (Å²) in [5.41, 5.74) is 3.03. The van der Waals surface area contributed by atoms with Gasteiger partial charge in [-0.15, -0.1) is 0 Å². The van der Waals surface area contributed by atoms with E-state index >= 15 is 0 Å². The van der Waals surface area contributed by atoms with E-state index in [9.17, 15) is 4.79 Å². The Kier molecular flexibility index (Phi) is 5.38. The minimum atomic E-state index is 0.624. The third-order valence-corrected chi connectivity index (χ3v) is 4.47. The summed E-state index contributed by atoms with van der Waals surface area (Å²) in [4.78, 5) is 15.1. The Morgan fingerprint density at radius 3 is 2.79 bits per heavy atom. The molecular formula is C18H17Cl2N3O. The zero-order valence-corrected chi connectivity index (χ0v) is 14.5. The smallest absolute Gasteiger partial charge is 0.207 e. The number of hydrogen-bond donors (Lipinski definition) is 1. The minimum absolute atomic E-state index is 0.624. The summed E-state index contributed by atoms with van der Waals surface area (Å²) in [6, 6.07) is 13.6. The van der Waals surface area contributed by atoms with Crippen molar-refractivity contribution in [3.8, 4) is 0 Å². The molecule has 0 saturated carbocycles. The number of para-hydroxylation sites is 2. The number of rotatable bonds is 7. The molecule has 3 rings (SSSR count). The summed E-state index contributed by atoms with van der Waals surface area (Å²) in [7, 11) is 0. The highest BCUT2D eigenvalue weighted by Gasteiger charge is 2.12. The van der Waals surface area contributed by atoms with Crippen LogP contribution in [-0.2, 0) is 17.8 Å². The number of nitrogens with zero attached hydrogens (tertiary/aromatic N) is 2. The fourth-order valence-electron chi connectivity index (χ4n) is 2.72. The summed E-state index contributed by atoms with van der Waals surface area (Å²) in [6.45, 7) is 1.27. The molecule has 0 aliphatic carbocycles. The SMILES string of the molecule is O=CNCCCc1nc2ccccc2n1Cc1ccc(Cl)cc1Cl. The normalized spacial score (nSPS) is 10.9. The highest BCUT2D eigenvalue weighted by atomic mass is 35.5. The van der Waals surface area contributed by atoms with Gasteiger partial charge in [-0.1, -0.05) is 41.4 Å². The number of hydrogen-bond acceptors (Lipinski definition) is 2. The molecule has 124 valence electrons. The number of imidazole rings is 1. The van der Waals surface area contributed by atoms with E-state index in [-0.39, 0.29) is 0 Å². The third-order valence-electron chi connectivity index (χ3n) is 3.88. The van der Waals surface area contributed by atoms with Crippen LogP contribution in [0.1, 0.15) is 17.8 Å². The van der Waals surface area contributed by atoms with Crippen molar-refractivity contribution in [3.05, 3.63) is 63.9 Å². The van der Waals surface area contributed by atoms with Crippen LogP contribution in [0.2, 0.25) is 10.0 Å². The Bertz CT molecular complexity index is 861. The van der Waals surface area contributed by atoms with Crippen LogP contribution in [0.25, 0.3) is 11.0 Å². The van der Waals surface area contributed by atoms with Crippen molar-refractivity contribution < 1.29 is 4.79 Å². The van der Waals surface area contributed by atoms with Gasteiger partial charge in [0.2, 0.25) is 6.41 Å². The van der Waals surface area contributed by atoms with Crippen molar-refractivity contribution in [2.75, 3.05) is 6.54 Å². The van der Waals surface area contributed by atoms with Crippen LogP contribution in [0.3, 0.4) is 0 Å². The molecule has 6 heteroatoms. The van der Waals surface area contributed by atoms with E-state index in [0.29, 0.717) is 23.1 Å². The van der Waals surface area contributed by atoms with Crippen molar-refractivity contribution in [2.45, 2.75) is 19.4 Å². The Balaban J connectivity index is 1.93. The number of aromatic nitrogens is 2. The Morgan fingerprint density at radius 1 is 1.17 bits per heavy atom. The maximum absolute atomic E-state index is 10.4. The Hall–Kier alpha value is -2.04. The van der Waals surface area contributed by atoms with E-state index in [1.54, 1.807) is 6.07 Å². The van der Waals surface area contributed by atoms with Crippen LogP contribution < -0.4 is 5.32 Å². The Morgan fingerprint density at radius 2 is 2.00 bits per heavy atom. The molecule has 4 nitrogen and oxygen atoms in total. The van der Waals surface area contributed by atoms with E-state index < -0.39 is 0 Å². The van der Waals surface area contributed by atoms with E-state index in [1.807, 2.05) is 30.3 Å². The van der Waals surface area contributed by atoms with E-state index in [2.05, 4.69) is 16.0 Å². The van der Waals surface area contributed by atoms with Crippen molar-refractivity contribution in [1.82, 2.24) is 14.9 Å². The van der Waals surface area contributed by atoms with Gasteiger partial charge in [0.1, 0.15) is 5.82 Å². The molecule has 0 aliphatic heterocycles. The van der Waals surface area contributed by atoms with Gasteiger partial charge in [0.15, 0.2) is 0 Å². The van der Waals surface area contributed by atoms with Gasteiger partial charge in [0.25, 0.3) is 0 Å². The van der Waals surface area contributed by atoms with Crippen molar-refractivity contribution >= 4 is 40.6 Å². The molecule has 2 aromatic carbocycles. The van der Waals surface area contributed by atoms with Crippen LogP contribution in [0, 0.1) is 0 Å². The lowest BCUT2D eigenvalue weighted by atomic mass is 10.2. The van der Waals surface area contributed by atoms with Gasteiger partial charge in [-0.25, -0.2) is 4.98 Å². The summed E-state index contributed by atoms with van der Waals surface area (Å²) in [6.07, 6.45) is 2.33. The van der Waals surface area contributed by atoms with Crippen LogP contribution >= 0.6 is 23.2 Å². The van der Waals surface area contributed by atoms with Crippen LogP contribution in [-0.4, -0.2) is 22.5 Å². The van der Waals surface area contributed by atoms with E-state index in [4.69, 9.17) is 28.2 Å². The van der Waals surface area contributed by atoms with Gasteiger partial charge < -0.3 is 9.88 Å². The molecule has 0 bridgehead atoms. The average molecular weight is 362 g/mol. The molecule has 0 saturated heterocycles. The van der Waals surface area contributed by atoms with Gasteiger partial charge >= 0.3 is 0 Å². The standard InChI is InChI=1S/C18H17Cl2N3O/c19-14-8-7-13(15(20)10-14)11-23-17-5-2-1-4-16(17)22-18(23)6-3-9-21-12-24/h1-2,4-5,7-8,10,12H,3,6,9,11H2,(H,21,24). The number of fused-ring (bicyclic) bond motifs is 1. The zero-order valence-electron chi connectivity index (χ0n) is 13.0. The second-order valence-corrected chi connectivity index (χ2v) is 6.36. The van der Waals surface area contributed by atoms with Crippen LogP contribution in [0.5, 0.6) is 0 Å². The van der Waals surface area contributed by atoms with Crippen LogP contribution in [0.4, 0.5) is 0 Å². The number of carbonyl (C=O) groups excluding carboxylic acids is 1. The molecule has 1 N–H and O–H groups in total. The number of halogens is 2. The molecule has 24 heavy (non-hydrogen) atoms. The number of benzene rings is 2. The topological polar surface area (TPSA) is 46.9 Å². The van der Waals surface area contributed by atoms with Crippen LogP contribution in [0.15, 0.2) is 42.5 Å². The molecule has 0 fully saturated rings. The molecule has 0 unspecified atom stereocenters. The maximum atomic E-state index is 10.4. The molecule has 1 aromatic heterocycles. The summed E-state index contributed by atoms with van der Waals surface area (Å²) in [5.74, 6) is 0.981. The maximum Gasteiger partial charge on any atom is 0.207 e. The lowest BCUT2D eigenvalue weighted by Crippen LogP contribution is -2.14. The predicted molar refractivity (Wildman–Crippen MR) is 97.7 cm³/mol. The highest BCUT2D eigenvalue weighted by molar-refractivity contribution is 6.35. The van der Waals surface area contributed by atoms with Gasteiger partial charge in [0, 0.05) is 23.0 Å². The first kappa shape index (κ1) is 16.8. The van der Waals surface area contributed by atoms with Gasteiger partial charge in [-0.2, -0.15) is 0 Å². The molecule has 1 heterocycles. The third kappa shape index (κ3) is 3.71. The summed E-state index contributed by atoms with van der Waals surface area (Å²) >= 11 is 12.3. The monoisotopic (exact) mass is 361 g/mol. The predicted octanol–water partition coefficient (Wildman–Crippen LogP) is 4.07. The molecule has 0 radical (unpaired) electrons. The number of carbonyl (C=O) groups is 1. The number of amides is 1. The lowest BCUT2D eigenvalue weighted by Gasteiger charge is -2.11. The van der Waals surface area contributed by atoms with Crippen molar-refractivity contribution in [3.63, 3.8) is 0 Å². The van der Waals surface area contributed by atoms with E-state index in [1.165, 1.54) is 0 Å². The fraction of sp³-hybridized carbons (Fsp3) is 0.222. The quantitative estimate of drug-likeness (QED) is 0.509. The van der Waals surface area contributed by atoms with Crippen molar-refractivity contribution in [1.29, 1.82) is 0 Å². The second-order valence-electron chi connectivity index (χ2n) is 5.51. The van der Waals surface area contributed by atoms with Crippen molar-refractivity contribution in [2.24, 2.45) is 0 Å². The largest absolute Gasteiger partial charge is 0.359 e. The highest BCUT2D eigenvalue weighted by Crippen LogP contribution is 2.25. The minimum Gasteiger partial charge on any atom is -0.359 e. The molecule has 0 aliphatic rings. The average Bonchev–Trinajstić information content (AvgIpc) is 2.92. The number of aryl methyl sites for hydroxylation is 1. The molecule has 0 spiro atoms. The first-order valence-electron chi connectivity index (χ1n) is 7.74. The first-order valence-corrected chi connectivity index (χ1v) is 8.49. The first-order chi connectivity index (χ1) is 11.7. The van der Waals surface area contributed by atoms with Gasteiger partial charge in [-0.05, 0) is 36.2 Å². The summed E-state index contributed by atoms with van der Waals surface area (Å²) < 4.78 is 2.17. The van der Waals surface area contributed by atoms with Gasteiger partial charge in [-0.3, -0.25) is 4.79 Å².